The second-order valence-corrected chi connectivity index (χ2v) is 4.78. The van der Waals surface area contributed by atoms with Gasteiger partial charge in [0, 0.05) is 25.2 Å². The number of rotatable bonds is 1. The third-order valence-corrected chi connectivity index (χ3v) is 3.03. The van der Waals surface area contributed by atoms with Gasteiger partial charge in [-0.2, -0.15) is 0 Å². The number of amides is 1. The Balaban J connectivity index is 2.23. The molecule has 1 aromatic rings. The first kappa shape index (κ1) is 13.0. The fourth-order valence-corrected chi connectivity index (χ4v) is 2.33. The summed E-state index contributed by atoms with van der Waals surface area (Å²) < 4.78 is 26.7. The van der Waals surface area contributed by atoms with Crippen LogP contribution in [0.3, 0.4) is 0 Å². The topological polar surface area (TPSA) is 32.3 Å². The van der Waals surface area contributed by atoms with Crippen molar-refractivity contribution in [2.24, 2.45) is 0 Å². The Bertz CT molecular complexity index is 454. The molecule has 5 heteroatoms. The molecule has 1 saturated heterocycles. The molecule has 1 N–H and O–H groups in total. The van der Waals surface area contributed by atoms with Gasteiger partial charge in [0.05, 0.1) is 5.56 Å². The van der Waals surface area contributed by atoms with Crippen molar-refractivity contribution in [2.45, 2.75) is 25.9 Å². The van der Waals surface area contributed by atoms with Crippen molar-refractivity contribution in [3.63, 3.8) is 0 Å². The van der Waals surface area contributed by atoms with Crippen LogP contribution in [0.25, 0.3) is 0 Å². The number of nitrogens with one attached hydrogen (secondary N) is 1. The number of hydrogen-bond acceptors (Lipinski definition) is 2. The van der Waals surface area contributed by atoms with E-state index in [1.807, 2.05) is 13.8 Å². The van der Waals surface area contributed by atoms with Crippen LogP contribution in [-0.2, 0) is 0 Å². The van der Waals surface area contributed by atoms with E-state index < -0.39 is 17.5 Å². The van der Waals surface area contributed by atoms with Crippen molar-refractivity contribution in [1.29, 1.82) is 0 Å². The second-order valence-electron chi connectivity index (χ2n) is 4.78. The molecule has 1 heterocycles. The molecule has 1 aromatic carbocycles. The summed E-state index contributed by atoms with van der Waals surface area (Å²) in [6, 6.07) is 3.97. The number of benzene rings is 1. The fourth-order valence-electron chi connectivity index (χ4n) is 2.33. The lowest BCUT2D eigenvalue weighted by Crippen LogP contribution is -2.55. The predicted octanol–water partition coefficient (Wildman–Crippen LogP) is 1.79. The van der Waals surface area contributed by atoms with E-state index in [0.29, 0.717) is 13.1 Å². The van der Waals surface area contributed by atoms with E-state index in [-0.39, 0.29) is 17.6 Å². The van der Waals surface area contributed by atoms with Gasteiger partial charge in [-0.3, -0.25) is 4.79 Å². The summed E-state index contributed by atoms with van der Waals surface area (Å²) in [5, 5.41) is 3.28. The van der Waals surface area contributed by atoms with Crippen molar-refractivity contribution < 1.29 is 13.6 Å². The van der Waals surface area contributed by atoms with Crippen LogP contribution < -0.4 is 5.32 Å². The third kappa shape index (κ3) is 2.51. The number of carbonyl (C=O) groups excluding carboxylic acids is 1. The number of carbonyl (C=O) groups is 1. The summed E-state index contributed by atoms with van der Waals surface area (Å²) in [5.41, 5.74) is -0.198. The number of halogens is 2. The summed E-state index contributed by atoms with van der Waals surface area (Å²) >= 11 is 0. The molecule has 0 aromatic heterocycles. The zero-order valence-electron chi connectivity index (χ0n) is 10.4. The van der Waals surface area contributed by atoms with Crippen LogP contribution in [0, 0.1) is 11.6 Å². The number of piperazine rings is 1. The van der Waals surface area contributed by atoms with E-state index in [4.69, 9.17) is 0 Å². The Hall–Kier alpha value is -1.49. The van der Waals surface area contributed by atoms with E-state index >= 15 is 0 Å². The lowest BCUT2D eigenvalue weighted by molar-refractivity contribution is 0.0668. The molecule has 0 saturated carbocycles. The van der Waals surface area contributed by atoms with Gasteiger partial charge in [0.25, 0.3) is 5.91 Å². The number of hydrogen-bond donors (Lipinski definition) is 1. The Morgan fingerprint density at radius 1 is 1.28 bits per heavy atom. The van der Waals surface area contributed by atoms with Gasteiger partial charge < -0.3 is 10.2 Å². The van der Waals surface area contributed by atoms with E-state index in [1.54, 1.807) is 4.90 Å². The third-order valence-electron chi connectivity index (χ3n) is 3.03. The van der Waals surface area contributed by atoms with Gasteiger partial charge in [0.15, 0.2) is 11.6 Å². The van der Waals surface area contributed by atoms with Crippen molar-refractivity contribution in [2.75, 3.05) is 13.1 Å². The van der Waals surface area contributed by atoms with Gasteiger partial charge in [-0.25, -0.2) is 8.78 Å². The zero-order chi connectivity index (χ0) is 13.3. The van der Waals surface area contributed by atoms with Gasteiger partial charge in [0.1, 0.15) is 0 Å². The van der Waals surface area contributed by atoms with Crippen LogP contribution in [0.2, 0.25) is 0 Å². The molecule has 1 aliphatic heterocycles. The molecule has 0 radical (unpaired) electrons. The van der Waals surface area contributed by atoms with Crippen LogP contribution in [0.1, 0.15) is 24.2 Å². The Labute approximate surface area is 105 Å². The highest BCUT2D eigenvalue weighted by Crippen LogP contribution is 2.15. The molecule has 1 fully saturated rings. The lowest BCUT2D eigenvalue weighted by Gasteiger charge is -2.36. The zero-order valence-corrected chi connectivity index (χ0v) is 10.4. The van der Waals surface area contributed by atoms with Gasteiger partial charge in [0.2, 0.25) is 0 Å². The normalized spacial score (nSPS) is 24.1. The van der Waals surface area contributed by atoms with Crippen LogP contribution >= 0.6 is 0 Å². The highest BCUT2D eigenvalue weighted by atomic mass is 19.2. The first-order valence-corrected chi connectivity index (χ1v) is 5.98. The summed E-state index contributed by atoms with van der Waals surface area (Å²) in [4.78, 5) is 13.7. The van der Waals surface area contributed by atoms with E-state index in [0.717, 1.165) is 6.07 Å². The maximum absolute atomic E-state index is 13.6. The largest absolute Gasteiger partial charge is 0.335 e. The predicted molar refractivity (Wildman–Crippen MR) is 64.3 cm³/mol. The standard InChI is InChI=1S/C13H16F2N2O/c1-8-6-17(7-9(2)16-8)13(18)10-4-3-5-11(14)12(10)15/h3-5,8-9,16H,6-7H2,1-2H3/t8-,9+. The van der Waals surface area contributed by atoms with Gasteiger partial charge in [-0.1, -0.05) is 6.07 Å². The van der Waals surface area contributed by atoms with Crippen LogP contribution in [0.5, 0.6) is 0 Å². The van der Waals surface area contributed by atoms with E-state index in [1.165, 1.54) is 12.1 Å². The summed E-state index contributed by atoms with van der Waals surface area (Å²) in [6.45, 7) is 4.91. The fraction of sp³-hybridized carbons (Fsp3) is 0.462. The van der Waals surface area contributed by atoms with E-state index in [2.05, 4.69) is 5.32 Å². The average Bonchev–Trinajstić information content (AvgIpc) is 2.30. The van der Waals surface area contributed by atoms with Crippen molar-refractivity contribution in [3.8, 4) is 0 Å². The minimum absolute atomic E-state index is 0.148. The van der Waals surface area contributed by atoms with Crippen LogP contribution in [-0.4, -0.2) is 36.0 Å². The molecule has 98 valence electrons. The first-order valence-electron chi connectivity index (χ1n) is 5.98. The van der Waals surface area contributed by atoms with Gasteiger partial charge in [-0.15, -0.1) is 0 Å². The molecule has 2 atom stereocenters. The van der Waals surface area contributed by atoms with Gasteiger partial charge >= 0.3 is 0 Å². The second kappa shape index (κ2) is 5.02. The molecule has 0 aliphatic carbocycles. The quantitative estimate of drug-likeness (QED) is 0.828. The molecule has 0 unspecified atom stereocenters. The summed E-state index contributed by atoms with van der Waals surface area (Å²) in [5.74, 6) is -2.51. The smallest absolute Gasteiger partial charge is 0.257 e. The van der Waals surface area contributed by atoms with Crippen molar-refractivity contribution in [1.82, 2.24) is 10.2 Å². The SMILES string of the molecule is C[C@@H]1CN(C(=O)c2cccc(F)c2F)C[C@H](C)N1. The minimum Gasteiger partial charge on any atom is -0.335 e. The molecule has 3 nitrogen and oxygen atoms in total. The van der Waals surface area contributed by atoms with Crippen molar-refractivity contribution >= 4 is 5.91 Å². The molecule has 1 aliphatic rings. The highest BCUT2D eigenvalue weighted by molar-refractivity contribution is 5.94. The number of nitrogens with zero attached hydrogens (tertiary/aromatic N) is 1. The lowest BCUT2D eigenvalue weighted by atomic mass is 10.1. The summed E-state index contributed by atoms with van der Waals surface area (Å²) in [7, 11) is 0. The maximum atomic E-state index is 13.6. The average molecular weight is 254 g/mol. The van der Waals surface area contributed by atoms with E-state index in [9.17, 15) is 13.6 Å². The molecular formula is C13H16F2N2O. The molecule has 0 spiro atoms. The maximum Gasteiger partial charge on any atom is 0.257 e. The van der Waals surface area contributed by atoms with Crippen LogP contribution in [0.4, 0.5) is 8.78 Å². The highest BCUT2D eigenvalue weighted by Gasteiger charge is 2.27. The molecule has 2 rings (SSSR count). The Morgan fingerprint density at radius 2 is 1.89 bits per heavy atom. The minimum atomic E-state index is -1.07. The molecule has 1 amide bonds. The molecule has 18 heavy (non-hydrogen) atoms. The summed E-state index contributed by atoms with van der Waals surface area (Å²) in [6.07, 6.45) is 0. The van der Waals surface area contributed by atoms with Gasteiger partial charge in [-0.05, 0) is 26.0 Å². The Kier molecular flexibility index (Phi) is 3.61. The van der Waals surface area contributed by atoms with Crippen LogP contribution in [0.15, 0.2) is 18.2 Å². The molecule has 0 bridgehead atoms. The van der Waals surface area contributed by atoms with Crippen molar-refractivity contribution in [3.05, 3.63) is 35.4 Å². The Morgan fingerprint density at radius 3 is 2.50 bits per heavy atom. The first-order chi connectivity index (χ1) is 8.49. The monoisotopic (exact) mass is 254 g/mol. The molecular weight excluding hydrogens is 238 g/mol.